The van der Waals surface area contributed by atoms with Gasteiger partial charge in [0.05, 0.1) is 17.7 Å². The summed E-state index contributed by atoms with van der Waals surface area (Å²) in [6, 6.07) is 24.4. The van der Waals surface area contributed by atoms with E-state index in [1.54, 1.807) is 12.1 Å². The number of amides is 1. The minimum absolute atomic E-state index is 0.0386. The minimum atomic E-state index is -1.17. The Bertz CT molecular complexity index is 1490. The molecule has 1 amide bonds. The second-order valence-electron chi connectivity index (χ2n) is 9.27. The van der Waals surface area contributed by atoms with Gasteiger partial charge in [0.15, 0.2) is 0 Å². The molecular weight excluding hydrogens is 493 g/mol. The summed E-state index contributed by atoms with van der Waals surface area (Å²) in [5.41, 5.74) is 4.66. The highest BCUT2D eigenvalue weighted by molar-refractivity contribution is 5.98. The average Bonchev–Trinajstić information content (AvgIpc) is 2.92. The first-order valence-electron chi connectivity index (χ1n) is 12.7. The van der Waals surface area contributed by atoms with Crippen LogP contribution in [-0.4, -0.2) is 17.0 Å². The van der Waals surface area contributed by atoms with Gasteiger partial charge in [-0.05, 0) is 72.9 Å². The van der Waals surface area contributed by atoms with Crippen molar-refractivity contribution < 1.29 is 23.8 Å². The van der Waals surface area contributed by atoms with Crippen LogP contribution >= 0.6 is 0 Å². The van der Waals surface area contributed by atoms with Gasteiger partial charge in [-0.3, -0.25) is 4.79 Å². The molecule has 4 aromatic rings. The fraction of sp³-hybridized carbons (Fsp3) is 0.152. The topological polar surface area (TPSA) is 75.6 Å². The first-order valence-corrected chi connectivity index (χ1v) is 12.7. The number of aryl methyl sites for hydroxylation is 1. The maximum Gasteiger partial charge on any atom is 0.336 e. The molecular formula is C33H30FNO4. The number of ether oxygens (including phenoxy) is 1. The molecule has 0 fully saturated rings. The normalized spacial score (nSPS) is 10.9. The SMILES string of the molecule is C/C=C/Cc1cc(-c2cc(F)ccc2C(=O)O)cc(NC(=O)Cc2ccc(C)cc2)c1OCc1ccccc1. The Labute approximate surface area is 227 Å². The van der Waals surface area contributed by atoms with E-state index in [0.29, 0.717) is 23.4 Å². The molecule has 0 saturated carbocycles. The highest BCUT2D eigenvalue weighted by atomic mass is 19.1. The molecule has 0 aromatic heterocycles. The number of halogens is 1. The number of carboxylic acid groups (broad SMARTS) is 1. The van der Waals surface area contributed by atoms with Crippen LogP contribution in [-0.2, 0) is 24.2 Å². The lowest BCUT2D eigenvalue weighted by Crippen LogP contribution is -2.16. The summed E-state index contributed by atoms with van der Waals surface area (Å²) in [6.07, 6.45) is 4.45. The van der Waals surface area contributed by atoms with Crippen LogP contribution in [0.1, 0.15) is 39.5 Å². The third-order valence-corrected chi connectivity index (χ3v) is 6.25. The van der Waals surface area contributed by atoms with Crippen molar-refractivity contribution in [2.45, 2.75) is 33.3 Å². The standard InChI is InChI=1S/C33H30FNO4/c1-3-4-10-25-18-26(29-20-27(34)15-16-28(29)33(37)38)19-30(32(25)39-21-24-8-6-5-7-9-24)35-31(36)17-23-13-11-22(2)12-14-23/h3-9,11-16,18-20H,10,17,21H2,1-2H3,(H,35,36)(H,37,38)/b4-3+. The summed E-state index contributed by atoms with van der Waals surface area (Å²) in [4.78, 5) is 25.1. The quantitative estimate of drug-likeness (QED) is 0.213. The largest absolute Gasteiger partial charge is 0.486 e. The molecule has 0 aliphatic carbocycles. The van der Waals surface area contributed by atoms with Crippen molar-refractivity contribution >= 4 is 17.6 Å². The second-order valence-corrected chi connectivity index (χ2v) is 9.27. The van der Waals surface area contributed by atoms with E-state index >= 15 is 0 Å². The van der Waals surface area contributed by atoms with Crippen molar-refractivity contribution in [2.75, 3.05) is 5.32 Å². The second kappa shape index (κ2) is 12.7. The number of anilines is 1. The molecule has 4 aromatic carbocycles. The third-order valence-electron chi connectivity index (χ3n) is 6.25. The number of carbonyl (C=O) groups excluding carboxylic acids is 1. The number of carboxylic acids is 1. The summed E-state index contributed by atoms with van der Waals surface area (Å²) in [5.74, 6) is -1.50. The monoisotopic (exact) mass is 523 g/mol. The van der Waals surface area contributed by atoms with Gasteiger partial charge in [0.1, 0.15) is 18.2 Å². The summed E-state index contributed by atoms with van der Waals surface area (Å²) in [5, 5.41) is 12.7. The maximum absolute atomic E-state index is 14.3. The van der Waals surface area contributed by atoms with Gasteiger partial charge in [-0.1, -0.05) is 72.3 Å². The highest BCUT2D eigenvalue weighted by Gasteiger charge is 2.19. The van der Waals surface area contributed by atoms with Crippen LogP contribution in [0.2, 0.25) is 0 Å². The van der Waals surface area contributed by atoms with Crippen molar-refractivity contribution in [3.05, 3.63) is 131 Å². The molecule has 2 N–H and O–H groups in total. The molecule has 0 spiro atoms. The fourth-order valence-corrected chi connectivity index (χ4v) is 4.26. The third kappa shape index (κ3) is 7.20. The van der Waals surface area contributed by atoms with Gasteiger partial charge in [0.25, 0.3) is 0 Å². The van der Waals surface area contributed by atoms with Gasteiger partial charge in [0.2, 0.25) is 5.91 Å². The van der Waals surface area contributed by atoms with Crippen LogP contribution in [0.15, 0.2) is 97.1 Å². The Hall–Kier alpha value is -4.71. The maximum atomic E-state index is 14.3. The first kappa shape index (κ1) is 27.3. The highest BCUT2D eigenvalue weighted by Crippen LogP contribution is 2.37. The lowest BCUT2D eigenvalue weighted by Gasteiger charge is -2.19. The van der Waals surface area contributed by atoms with Crippen molar-refractivity contribution in [3.8, 4) is 16.9 Å². The molecule has 0 bridgehead atoms. The zero-order chi connectivity index (χ0) is 27.8. The molecule has 0 aliphatic rings. The van der Waals surface area contributed by atoms with Gasteiger partial charge >= 0.3 is 5.97 Å². The number of rotatable bonds is 10. The number of benzene rings is 4. The molecule has 0 radical (unpaired) electrons. The molecule has 198 valence electrons. The zero-order valence-electron chi connectivity index (χ0n) is 21.9. The van der Waals surface area contributed by atoms with E-state index in [1.165, 1.54) is 12.1 Å². The first-order chi connectivity index (χ1) is 18.8. The Morgan fingerprint density at radius 1 is 0.949 bits per heavy atom. The molecule has 0 heterocycles. The minimum Gasteiger partial charge on any atom is -0.486 e. The molecule has 0 aliphatic heterocycles. The van der Waals surface area contributed by atoms with Crippen LogP contribution in [0.5, 0.6) is 5.75 Å². The van der Waals surface area contributed by atoms with Gasteiger partial charge in [0, 0.05) is 5.56 Å². The van der Waals surface area contributed by atoms with E-state index < -0.39 is 11.8 Å². The zero-order valence-corrected chi connectivity index (χ0v) is 21.9. The fourth-order valence-electron chi connectivity index (χ4n) is 4.26. The molecule has 0 saturated heterocycles. The average molecular weight is 524 g/mol. The van der Waals surface area contributed by atoms with E-state index in [0.717, 1.165) is 28.3 Å². The number of hydrogen-bond acceptors (Lipinski definition) is 3. The lowest BCUT2D eigenvalue weighted by molar-refractivity contribution is -0.115. The summed E-state index contributed by atoms with van der Waals surface area (Å²) in [7, 11) is 0. The van der Waals surface area contributed by atoms with Crippen LogP contribution in [0.4, 0.5) is 10.1 Å². The van der Waals surface area contributed by atoms with Crippen LogP contribution in [0.25, 0.3) is 11.1 Å². The number of allylic oxidation sites excluding steroid dienone is 2. The van der Waals surface area contributed by atoms with E-state index in [9.17, 15) is 19.1 Å². The van der Waals surface area contributed by atoms with Crippen molar-refractivity contribution in [1.29, 1.82) is 0 Å². The molecule has 6 heteroatoms. The van der Waals surface area contributed by atoms with Gasteiger partial charge in [-0.2, -0.15) is 0 Å². The van der Waals surface area contributed by atoms with Crippen LogP contribution in [0, 0.1) is 12.7 Å². The number of aromatic carboxylic acids is 1. The number of carbonyl (C=O) groups is 2. The smallest absolute Gasteiger partial charge is 0.336 e. The van der Waals surface area contributed by atoms with Gasteiger partial charge < -0.3 is 15.2 Å². The lowest BCUT2D eigenvalue weighted by atomic mass is 9.95. The van der Waals surface area contributed by atoms with E-state index in [4.69, 9.17) is 4.74 Å². The van der Waals surface area contributed by atoms with Crippen LogP contribution < -0.4 is 10.1 Å². The molecule has 39 heavy (non-hydrogen) atoms. The van der Waals surface area contributed by atoms with E-state index in [2.05, 4.69) is 5.32 Å². The Balaban J connectivity index is 1.80. The molecule has 4 rings (SSSR count). The van der Waals surface area contributed by atoms with E-state index in [-0.39, 0.29) is 30.1 Å². The summed E-state index contributed by atoms with van der Waals surface area (Å²) >= 11 is 0. The predicted octanol–water partition coefficient (Wildman–Crippen LogP) is 7.38. The van der Waals surface area contributed by atoms with Gasteiger partial charge in [-0.25, -0.2) is 9.18 Å². The predicted molar refractivity (Wildman–Crippen MR) is 152 cm³/mol. The van der Waals surface area contributed by atoms with Crippen molar-refractivity contribution in [3.63, 3.8) is 0 Å². The Kier molecular flexibility index (Phi) is 8.90. The van der Waals surface area contributed by atoms with E-state index in [1.807, 2.05) is 80.6 Å². The van der Waals surface area contributed by atoms with Crippen molar-refractivity contribution in [2.24, 2.45) is 0 Å². The Morgan fingerprint density at radius 3 is 2.38 bits per heavy atom. The number of hydrogen-bond donors (Lipinski definition) is 2. The molecule has 0 atom stereocenters. The molecule has 0 unspecified atom stereocenters. The summed E-state index contributed by atoms with van der Waals surface area (Å²) < 4.78 is 20.5. The van der Waals surface area contributed by atoms with Gasteiger partial charge in [-0.15, -0.1) is 0 Å². The summed E-state index contributed by atoms with van der Waals surface area (Å²) in [6.45, 7) is 4.15. The van der Waals surface area contributed by atoms with Crippen LogP contribution in [0.3, 0.4) is 0 Å². The number of nitrogens with one attached hydrogen (secondary N) is 1. The Morgan fingerprint density at radius 2 is 1.69 bits per heavy atom. The van der Waals surface area contributed by atoms with Crippen molar-refractivity contribution in [1.82, 2.24) is 0 Å². The molecule has 5 nitrogen and oxygen atoms in total.